The zero-order valence-corrected chi connectivity index (χ0v) is 16.3. The molecule has 0 spiro atoms. The van der Waals surface area contributed by atoms with Crippen LogP contribution in [0.15, 0.2) is 36.5 Å². The van der Waals surface area contributed by atoms with Gasteiger partial charge in [-0.2, -0.15) is 0 Å². The van der Waals surface area contributed by atoms with Crippen LogP contribution in [0.25, 0.3) is 0 Å². The van der Waals surface area contributed by atoms with Gasteiger partial charge in [0.05, 0.1) is 0 Å². The first-order valence-corrected chi connectivity index (χ1v) is 7.74. The Labute approximate surface area is 161 Å². The van der Waals surface area contributed by atoms with Crippen LogP contribution >= 0.6 is 24.8 Å². The highest BCUT2D eigenvalue weighted by Gasteiger charge is 2.07. The van der Waals surface area contributed by atoms with Gasteiger partial charge in [-0.05, 0) is 57.1 Å². The number of amides is 1. The van der Waals surface area contributed by atoms with E-state index in [1.54, 1.807) is 6.20 Å². The molecule has 2 rings (SSSR count). The summed E-state index contributed by atoms with van der Waals surface area (Å²) in [6, 6.07) is 9.43. The molecule has 5 nitrogen and oxygen atoms in total. The lowest BCUT2D eigenvalue weighted by Crippen LogP contribution is -2.15. The van der Waals surface area contributed by atoms with Crippen molar-refractivity contribution in [3.05, 3.63) is 47.7 Å². The summed E-state index contributed by atoms with van der Waals surface area (Å²) in [5, 5.41) is 5.93. The largest absolute Gasteiger partial charge is 0.439 e. The molecule has 2 N–H and O–H groups in total. The van der Waals surface area contributed by atoms with Gasteiger partial charge < -0.3 is 15.4 Å². The van der Waals surface area contributed by atoms with Crippen molar-refractivity contribution in [1.82, 2.24) is 10.3 Å². The summed E-state index contributed by atoms with van der Waals surface area (Å²) in [6.07, 6.45) is 3.02. The summed E-state index contributed by atoms with van der Waals surface area (Å²) in [4.78, 5) is 16.1. The third-order valence-electron chi connectivity index (χ3n) is 3.41. The van der Waals surface area contributed by atoms with Crippen LogP contribution in [-0.2, 0) is 4.79 Å². The lowest BCUT2D eigenvalue weighted by molar-refractivity contribution is -0.116. The summed E-state index contributed by atoms with van der Waals surface area (Å²) in [6.45, 7) is 4.78. The van der Waals surface area contributed by atoms with Crippen LogP contribution in [0.2, 0.25) is 0 Å². The minimum atomic E-state index is 0. The Morgan fingerprint density at radius 1 is 1.16 bits per heavy atom. The number of ether oxygens (including phenoxy) is 1. The highest BCUT2D eigenvalue weighted by molar-refractivity contribution is 5.91. The SMILES string of the molecule is CNCCCC(=O)Nc1ccc(C)c(Oc2cc(C)ccn2)c1.Cl.Cl. The molecule has 0 aliphatic rings. The van der Waals surface area contributed by atoms with Crippen molar-refractivity contribution in [1.29, 1.82) is 0 Å². The molecule has 1 amide bonds. The van der Waals surface area contributed by atoms with Crippen molar-refractivity contribution in [2.75, 3.05) is 18.9 Å². The topological polar surface area (TPSA) is 63.2 Å². The molecule has 1 aromatic carbocycles. The van der Waals surface area contributed by atoms with Gasteiger partial charge in [0, 0.05) is 30.4 Å². The molecule has 7 heteroatoms. The smallest absolute Gasteiger partial charge is 0.224 e. The molecule has 0 saturated heterocycles. The van der Waals surface area contributed by atoms with E-state index >= 15 is 0 Å². The number of nitrogens with zero attached hydrogens (tertiary/aromatic N) is 1. The van der Waals surface area contributed by atoms with Crippen LogP contribution < -0.4 is 15.4 Å². The van der Waals surface area contributed by atoms with Crippen molar-refractivity contribution in [2.45, 2.75) is 26.7 Å². The first kappa shape index (κ1) is 23.2. The van der Waals surface area contributed by atoms with E-state index in [1.165, 1.54) is 0 Å². The average molecular weight is 386 g/mol. The second kappa shape index (κ2) is 11.7. The quantitative estimate of drug-likeness (QED) is 0.698. The van der Waals surface area contributed by atoms with E-state index < -0.39 is 0 Å². The van der Waals surface area contributed by atoms with Crippen LogP contribution in [0.1, 0.15) is 24.0 Å². The number of aryl methyl sites for hydroxylation is 2. The molecule has 0 bridgehead atoms. The molecule has 0 radical (unpaired) electrons. The number of carbonyl (C=O) groups is 1. The summed E-state index contributed by atoms with van der Waals surface area (Å²) in [5.74, 6) is 1.24. The average Bonchev–Trinajstić information content (AvgIpc) is 2.51. The lowest BCUT2D eigenvalue weighted by Gasteiger charge is -2.11. The molecule has 1 heterocycles. The molecular formula is C18H25Cl2N3O2. The van der Waals surface area contributed by atoms with Crippen molar-refractivity contribution >= 4 is 36.4 Å². The minimum Gasteiger partial charge on any atom is -0.439 e. The Hall–Kier alpha value is -1.82. The van der Waals surface area contributed by atoms with E-state index in [9.17, 15) is 4.79 Å². The number of rotatable bonds is 7. The predicted octanol–water partition coefficient (Wildman–Crippen LogP) is 4.27. The summed E-state index contributed by atoms with van der Waals surface area (Å²) >= 11 is 0. The van der Waals surface area contributed by atoms with Gasteiger partial charge in [-0.15, -0.1) is 24.8 Å². The third-order valence-corrected chi connectivity index (χ3v) is 3.41. The van der Waals surface area contributed by atoms with E-state index in [-0.39, 0.29) is 30.7 Å². The van der Waals surface area contributed by atoms with Crippen molar-refractivity contribution < 1.29 is 9.53 Å². The number of hydrogen-bond acceptors (Lipinski definition) is 4. The number of halogens is 2. The zero-order chi connectivity index (χ0) is 16.7. The first-order chi connectivity index (χ1) is 11.1. The molecule has 0 atom stereocenters. The lowest BCUT2D eigenvalue weighted by atomic mass is 10.2. The molecule has 2 aromatic rings. The van der Waals surface area contributed by atoms with Gasteiger partial charge in [0.25, 0.3) is 0 Å². The van der Waals surface area contributed by atoms with Crippen molar-refractivity contribution in [3.63, 3.8) is 0 Å². The monoisotopic (exact) mass is 385 g/mol. The number of hydrogen-bond donors (Lipinski definition) is 2. The molecule has 0 saturated carbocycles. The fourth-order valence-electron chi connectivity index (χ4n) is 2.11. The Morgan fingerprint density at radius 2 is 1.92 bits per heavy atom. The van der Waals surface area contributed by atoms with Gasteiger partial charge >= 0.3 is 0 Å². The van der Waals surface area contributed by atoms with Gasteiger partial charge in [0.1, 0.15) is 5.75 Å². The van der Waals surface area contributed by atoms with Crippen LogP contribution in [0.3, 0.4) is 0 Å². The van der Waals surface area contributed by atoms with Gasteiger partial charge in [-0.3, -0.25) is 4.79 Å². The molecule has 1 aromatic heterocycles. The summed E-state index contributed by atoms with van der Waals surface area (Å²) in [5.41, 5.74) is 2.80. The number of carbonyl (C=O) groups excluding carboxylic acids is 1. The molecule has 138 valence electrons. The third kappa shape index (κ3) is 7.73. The minimum absolute atomic E-state index is 0. The number of pyridine rings is 1. The maximum Gasteiger partial charge on any atom is 0.224 e. The number of aromatic nitrogens is 1. The predicted molar refractivity (Wildman–Crippen MR) is 107 cm³/mol. The van der Waals surface area contributed by atoms with Crippen LogP contribution in [0.5, 0.6) is 11.6 Å². The molecule has 0 unspecified atom stereocenters. The standard InChI is InChI=1S/C18H23N3O2.2ClH/c1-13-8-10-20-18(11-13)23-16-12-15(7-6-14(16)2)21-17(22)5-4-9-19-3;;/h6-8,10-12,19H,4-5,9H2,1-3H3,(H,21,22);2*1H. The second-order valence-corrected chi connectivity index (χ2v) is 5.51. The van der Waals surface area contributed by atoms with E-state index in [4.69, 9.17) is 4.74 Å². The maximum atomic E-state index is 11.9. The van der Waals surface area contributed by atoms with Gasteiger partial charge in [0.15, 0.2) is 0 Å². The molecule has 0 aliphatic heterocycles. The Kier molecular flexibility index (Phi) is 10.8. The highest BCUT2D eigenvalue weighted by atomic mass is 35.5. The second-order valence-electron chi connectivity index (χ2n) is 5.51. The van der Waals surface area contributed by atoms with E-state index in [0.29, 0.717) is 18.1 Å². The number of nitrogens with one attached hydrogen (secondary N) is 2. The van der Waals surface area contributed by atoms with E-state index in [2.05, 4.69) is 15.6 Å². The zero-order valence-electron chi connectivity index (χ0n) is 14.7. The number of anilines is 1. The Bertz CT molecular complexity index is 681. The van der Waals surface area contributed by atoms with Crippen LogP contribution in [0.4, 0.5) is 5.69 Å². The van der Waals surface area contributed by atoms with Gasteiger partial charge in [-0.25, -0.2) is 4.98 Å². The Balaban J connectivity index is 0.00000288. The van der Waals surface area contributed by atoms with Crippen LogP contribution in [0, 0.1) is 13.8 Å². The van der Waals surface area contributed by atoms with Crippen molar-refractivity contribution in [2.24, 2.45) is 0 Å². The molecular weight excluding hydrogens is 361 g/mol. The van der Waals surface area contributed by atoms with E-state index in [0.717, 1.165) is 29.8 Å². The van der Waals surface area contributed by atoms with Gasteiger partial charge in [0.2, 0.25) is 11.8 Å². The van der Waals surface area contributed by atoms with Gasteiger partial charge in [-0.1, -0.05) is 6.07 Å². The summed E-state index contributed by atoms with van der Waals surface area (Å²) < 4.78 is 5.84. The Morgan fingerprint density at radius 3 is 2.60 bits per heavy atom. The molecule has 0 aliphatic carbocycles. The summed E-state index contributed by atoms with van der Waals surface area (Å²) in [7, 11) is 1.88. The van der Waals surface area contributed by atoms with Crippen LogP contribution in [-0.4, -0.2) is 24.5 Å². The van der Waals surface area contributed by atoms with E-state index in [1.807, 2.05) is 51.2 Å². The fourth-order valence-corrected chi connectivity index (χ4v) is 2.11. The first-order valence-electron chi connectivity index (χ1n) is 7.74. The molecule has 25 heavy (non-hydrogen) atoms. The molecule has 0 fully saturated rings. The maximum absolute atomic E-state index is 11.9. The highest BCUT2D eigenvalue weighted by Crippen LogP contribution is 2.27. The number of benzene rings is 1. The van der Waals surface area contributed by atoms with Crippen molar-refractivity contribution in [3.8, 4) is 11.6 Å². The fraction of sp³-hybridized carbons (Fsp3) is 0.333. The normalized spacial score (nSPS) is 9.56.